The summed E-state index contributed by atoms with van der Waals surface area (Å²) in [5, 5.41) is 11.6. The molecule has 88 valence electrons. The maximum absolute atomic E-state index is 13.1. The van der Waals surface area contributed by atoms with Gasteiger partial charge in [0.1, 0.15) is 10.8 Å². The van der Waals surface area contributed by atoms with E-state index in [-0.39, 0.29) is 5.56 Å². The molecule has 0 fully saturated rings. The molecule has 0 radical (unpaired) electrons. The number of aromatic carboxylic acids is 1. The van der Waals surface area contributed by atoms with Gasteiger partial charge in [0, 0.05) is 16.5 Å². The van der Waals surface area contributed by atoms with Gasteiger partial charge in [0.15, 0.2) is 0 Å². The summed E-state index contributed by atoms with van der Waals surface area (Å²) in [5.41, 5.74) is -0.297. The lowest BCUT2D eigenvalue weighted by molar-refractivity contribution is 0.0691. The van der Waals surface area contributed by atoms with Crippen LogP contribution in [0, 0.1) is 5.82 Å². The normalized spacial score (nSPS) is 10.4. The molecule has 6 heteroatoms. The summed E-state index contributed by atoms with van der Waals surface area (Å²) in [5.74, 6) is -1.31. The van der Waals surface area contributed by atoms with Crippen molar-refractivity contribution in [3.63, 3.8) is 0 Å². The van der Waals surface area contributed by atoms with Crippen molar-refractivity contribution >= 4 is 29.1 Å². The molecule has 0 bridgehead atoms. The summed E-state index contributed by atoms with van der Waals surface area (Å²) < 4.78 is 13.1. The molecule has 0 amide bonds. The van der Waals surface area contributed by atoms with Crippen molar-refractivity contribution in [2.75, 3.05) is 0 Å². The molecular weight excluding hydrogens is 261 g/mol. The lowest BCUT2D eigenvalue weighted by atomic mass is 10.2. The number of nitrogens with zero attached hydrogens (tertiary/aromatic N) is 1. The largest absolute Gasteiger partial charge is 0.478 e. The third-order valence-corrected chi connectivity index (χ3v) is 3.98. The van der Waals surface area contributed by atoms with E-state index < -0.39 is 11.8 Å². The Morgan fingerprint density at radius 2 is 2.35 bits per heavy atom. The van der Waals surface area contributed by atoms with Gasteiger partial charge in [0.2, 0.25) is 0 Å². The molecule has 0 saturated heterocycles. The predicted molar refractivity (Wildman–Crippen MR) is 65.0 cm³/mol. The number of hydrogen-bond donors (Lipinski definition) is 1. The number of thioether (sulfide) groups is 1. The smallest absolute Gasteiger partial charge is 0.338 e. The molecule has 0 aliphatic carbocycles. The van der Waals surface area contributed by atoms with Gasteiger partial charge in [-0.05, 0) is 18.2 Å². The van der Waals surface area contributed by atoms with Gasteiger partial charge in [-0.25, -0.2) is 14.2 Å². The molecule has 17 heavy (non-hydrogen) atoms. The summed E-state index contributed by atoms with van der Waals surface area (Å²) in [6.45, 7) is 0. The second-order valence-corrected chi connectivity index (χ2v) is 5.19. The molecule has 3 nitrogen and oxygen atoms in total. The van der Waals surface area contributed by atoms with Crippen molar-refractivity contribution in [1.82, 2.24) is 4.98 Å². The molecule has 1 N–H and O–H groups in total. The number of thiazole rings is 1. The van der Waals surface area contributed by atoms with Gasteiger partial charge < -0.3 is 5.11 Å². The van der Waals surface area contributed by atoms with Crippen LogP contribution in [-0.2, 0) is 5.75 Å². The van der Waals surface area contributed by atoms with Crippen LogP contribution in [-0.4, -0.2) is 16.1 Å². The van der Waals surface area contributed by atoms with E-state index in [1.54, 1.807) is 12.3 Å². The number of carbonyl (C=O) groups is 1. The molecule has 0 saturated carbocycles. The first-order valence-corrected chi connectivity index (χ1v) is 6.57. The second-order valence-electron chi connectivity index (χ2n) is 3.16. The molecule has 0 unspecified atom stereocenters. The topological polar surface area (TPSA) is 50.2 Å². The molecule has 0 atom stereocenters. The molecule has 0 aliphatic rings. The van der Waals surface area contributed by atoms with E-state index in [0.717, 1.165) is 9.90 Å². The fraction of sp³-hybridized carbons (Fsp3) is 0.0909. The highest BCUT2D eigenvalue weighted by Gasteiger charge is 2.11. The van der Waals surface area contributed by atoms with Crippen LogP contribution in [0.4, 0.5) is 4.39 Å². The Hall–Kier alpha value is -1.40. The zero-order valence-corrected chi connectivity index (χ0v) is 10.2. The Balaban J connectivity index is 2.11. The minimum atomic E-state index is -1.25. The average Bonchev–Trinajstić information content (AvgIpc) is 2.80. The van der Waals surface area contributed by atoms with Crippen molar-refractivity contribution < 1.29 is 14.3 Å². The molecular formula is C11H8FNO2S2. The van der Waals surface area contributed by atoms with Crippen LogP contribution in [0.1, 0.15) is 15.4 Å². The molecule has 2 aromatic rings. The van der Waals surface area contributed by atoms with Crippen LogP contribution in [0.2, 0.25) is 0 Å². The van der Waals surface area contributed by atoms with Gasteiger partial charge >= 0.3 is 5.97 Å². The molecule has 1 aromatic carbocycles. The van der Waals surface area contributed by atoms with E-state index in [0.29, 0.717) is 5.75 Å². The molecule has 2 rings (SSSR count). The standard InChI is InChI=1S/C11H8FNO2S2/c12-9-2-1-7(5-8(9)11(14)15)17-6-10-13-3-4-16-10/h1-5H,6H2,(H,14,15). The van der Waals surface area contributed by atoms with Gasteiger partial charge in [-0.2, -0.15) is 0 Å². The first-order valence-electron chi connectivity index (χ1n) is 4.71. The molecule has 0 aliphatic heterocycles. The minimum Gasteiger partial charge on any atom is -0.478 e. The Morgan fingerprint density at radius 3 is 3.00 bits per heavy atom. The fourth-order valence-electron chi connectivity index (χ4n) is 1.23. The van der Waals surface area contributed by atoms with Crippen LogP contribution in [0.15, 0.2) is 34.7 Å². The van der Waals surface area contributed by atoms with E-state index in [1.807, 2.05) is 5.38 Å². The number of carboxylic acid groups (broad SMARTS) is 1. The predicted octanol–water partition coefficient (Wildman–Crippen LogP) is 3.27. The van der Waals surface area contributed by atoms with Crippen molar-refractivity contribution in [3.05, 3.63) is 46.2 Å². The molecule has 0 spiro atoms. The Morgan fingerprint density at radius 1 is 1.53 bits per heavy atom. The quantitative estimate of drug-likeness (QED) is 0.865. The highest BCUT2D eigenvalue weighted by Crippen LogP contribution is 2.25. The first kappa shape index (κ1) is 12.1. The average molecular weight is 269 g/mol. The summed E-state index contributed by atoms with van der Waals surface area (Å²) in [4.78, 5) is 15.6. The van der Waals surface area contributed by atoms with E-state index in [4.69, 9.17) is 5.11 Å². The van der Waals surface area contributed by atoms with Gasteiger partial charge in [-0.1, -0.05) is 0 Å². The SMILES string of the molecule is O=C(O)c1cc(SCc2nccs2)ccc1F. The number of carboxylic acids is 1. The van der Waals surface area contributed by atoms with E-state index in [2.05, 4.69) is 4.98 Å². The third-order valence-electron chi connectivity index (χ3n) is 2.01. The number of rotatable bonds is 4. The Labute approximate surface area is 105 Å². The Bertz CT molecular complexity index is 528. The fourth-order valence-corrected chi connectivity index (χ4v) is 2.81. The molecule has 1 aromatic heterocycles. The first-order chi connectivity index (χ1) is 8.16. The summed E-state index contributed by atoms with van der Waals surface area (Å²) >= 11 is 2.97. The molecule has 1 heterocycles. The van der Waals surface area contributed by atoms with E-state index in [1.165, 1.54) is 35.2 Å². The Kier molecular flexibility index (Phi) is 3.75. The lowest BCUT2D eigenvalue weighted by Gasteiger charge is -2.02. The second kappa shape index (κ2) is 5.29. The van der Waals surface area contributed by atoms with Gasteiger partial charge in [-0.3, -0.25) is 0 Å². The van der Waals surface area contributed by atoms with Crippen LogP contribution >= 0.6 is 23.1 Å². The highest BCUT2D eigenvalue weighted by molar-refractivity contribution is 7.98. The zero-order chi connectivity index (χ0) is 12.3. The van der Waals surface area contributed by atoms with E-state index in [9.17, 15) is 9.18 Å². The number of aromatic nitrogens is 1. The van der Waals surface area contributed by atoms with Crippen LogP contribution in [0.3, 0.4) is 0 Å². The van der Waals surface area contributed by atoms with Crippen LogP contribution in [0.25, 0.3) is 0 Å². The highest BCUT2D eigenvalue weighted by atomic mass is 32.2. The maximum atomic E-state index is 13.1. The van der Waals surface area contributed by atoms with Crippen molar-refractivity contribution in [1.29, 1.82) is 0 Å². The van der Waals surface area contributed by atoms with E-state index >= 15 is 0 Å². The number of halogens is 1. The third kappa shape index (κ3) is 3.04. The van der Waals surface area contributed by atoms with Crippen LogP contribution in [0.5, 0.6) is 0 Å². The minimum absolute atomic E-state index is 0.297. The number of hydrogen-bond acceptors (Lipinski definition) is 4. The van der Waals surface area contributed by atoms with Crippen molar-refractivity contribution in [2.24, 2.45) is 0 Å². The van der Waals surface area contributed by atoms with Crippen molar-refractivity contribution in [3.8, 4) is 0 Å². The van der Waals surface area contributed by atoms with Gasteiger partial charge in [-0.15, -0.1) is 23.1 Å². The maximum Gasteiger partial charge on any atom is 0.338 e. The van der Waals surface area contributed by atoms with Crippen molar-refractivity contribution in [2.45, 2.75) is 10.6 Å². The summed E-state index contributed by atoms with van der Waals surface area (Å²) in [6, 6.07) is 4.09. The number of benzene rings is 1. The van der Waals surface area contributed by atoms with Gasteiger partial charge in [0.05, 0.1) is 11.3 Å². The lowest BCUT2D eigenvalue weighted by Crippen LogP contribution is -2.00. The van der Waals surface area contributed by atoms with Crippen LogP contribution < -0.4 is 0 Å². The monoisotopic (exact) mass is 269 g/mol. The zero-order valence-electron chi connectivity index (χ0n) is 8.59. The summed E-state index contributed by atoms with van der Waals surface area (Å²) in [7, 11) is 0. The van der Waals surface area contributed by atoms with Gasteiger partial charge in [0.25, 0.3) is 0 Å². The summed E-state index contributed by atoms with van der Waals surface area (Å²) in [6.07, 6.45) is 1.72.